The third-order valence-electron chi connectivity index (χ3n) is 5.82. The smallest absolute Gasteiger partial charge is 0.249 e. The van der Waals surface area contributed by atoms with Crippen LogP contribution in [0.5, 0.6) is 11.5 Å². The van der Waals surface area contributed by atoms with Crippen LogP contribution in [-0.2, 0) is 9.59 Å². The minimum atomic E-state index is 0.0197. The summed E-state index contributed by atoms with van der Waals surface area (Å²) < 4.78 is 11.1. The number of benzene rings is 1. The number of hydrogen-bond donors (Lipinski definition) is 1. The molecule has 2 aliphatic heterocycles. The van der Waals surface area contributed by atoms with Crippen LogP contribution >= 0.6 is 0 Å². The Kier molecular flexibility index (Phi) is 5.84. The van der Waals surface area contributed by atoms with Gasteiger partial charge in [0.05, 0.1) is 0 Å². The monoisotopic (exact) mass is 384 g/mol. The molecule has 0 saturated carbocycles. The Bertz CT molecular complexity index is 766. The fourth-order valence-electron chi connectivity index (χ4n) is 4.17. The van der Waals surface area contributed by atoms with E-state index >= 15 is 0 Å². The molecule has 1 fully saturated rings. The summed E-state index contributed by atoms with van der Waals surface area (Å²) in [4.78, 5) is 26.8. The van der Waals surface area contributed by atoms with E-state index < -0.39 is 0 Å². The van der Waals surface area contributed by atoms with E-state index in [4.69, 9.17) is 9.47 Å². The molecule has 0 unspecified atom stereocenters. The summed E-state index contributed by atoms with van der Waals surface area (Å²) in [5, 5.41) is 2.95. The van der Waals surface area contributed by atoms with Gasteiger partial charge in [-0.1, -0.05) is 6.08 Å². The normalized spacial score (nSPS) is 19.3. The first-order valence-electron chi connectivity index (χ1n) is 10.4. The van der Waals surface area contributed by atoms with Crippen molar-refractivity contribution >= 4 is 17.5 Å². The Morgan fingerprint density at radius 1 is 1.11 bits per heavy atom. The van der Waals surface area contributed by atoms with Gasteiger partial charge in [-0.25, -0.2) is 0 Å². The van der Waals surface area contributed by atoms with E-state index in [0.29, 0.717) is 31.3 Å². The van der Waals surface area contributed by atoms with E-state index in [9.17, 15) is 9.59 Å². The van der Waals surface area contributed by atoms with E-state index in [2.05, 4.69) is 11.4 Å². The van der Waals surface area contributed by atoms with Crippen LogP contribution in [0.1, 0.15) is 44.9 Å². The number of nitrogens with one attached hydrogen (secondary N) is 1. The number of nitrogens with zero attached hydrogens (tertiary/aromatic N) is 1. The highest BCUT2D eigenvalue weighted by Crippen LogP contribution is 2.33. The van der Waals surface area contributed by atoms with Crippen molar-refractivity contribution in [2.24, 2.45) is 5.92 Å². The number of piperidine rings is 1. The Labute approximate surface area is 165 Å². The summed E-state index contributed by atoms with van der Waals surface area (Å²) in [5.74, 6) is 2.16. The molecule has 2 heterocycles. The third-order valence-corrected chi connectivity index (χ3v) is 5.82. The van der Waals surface area contributed by atoms with Crippen molar-refractivity contribution in [2.75, 3.05) is 31.6 Å². The second-order valence-corrected chi connectivity index (χ2v) is 7.80. The van der Waals surface area contributed by atoms with Crippen LogP contribution in [0.25, 0.3) is 0 Å². The molecular formula is C22H28N2O4. The van der Waals surface area contributed by atoms with E-state index in [-0.39, 0.29) is 11.8 Å². The van der Waals surface area contributed by atoms with E-state index in [1.54, 1.807) is 0 Å². The number of anilines is 1. The maximum Gasteiger partial charge on any atom is 0.249 e. The van der Waals surface area contributed by atoms with E-state index in [0.717, 1.165) is 68.6 Å². The molecule has 1 N–H and O–H groups in total. The first kappa shape index (κ1) is 18.8. The van der Waals surface area contributed by atoms with Gasteiger partial charge in [0, 0.05) is 36.8 Å². The standard InChI is InChI=1S/C22H28N2O4/c25-21(23-18-6-7-19-20(15-18)28-14-13-27-19)8-5-16-9-11-24(12-10-16)22(26)17-3-1-2-4-17/h3,6-7,15-16H,1-2,4-5,8-14H2,(H,23,25). The van der Waals surface area contributed by atoms with E-state index in [1.165, 1.54) is 0 Å². The van der Waals surface area contributed by atoms with Gasteiger partial charge in [-0.15, -0.1) is 0 Å². The number of amides is 2. The molecule has 150 valence electrons. The van der Waals surface area contributed by atoms with Gasteiger partial charge in [0.25, 0.3) is 0 Å². The Balaban J connectivity index is 1.20. The minimum absolute atomic E-state index is 0.0197. The van der Waals surface area contributed by atoms with Crippen molar-refractivity contribution < 1.29 is 19.1 Å². The summed E-state index contributed by atoms with van der Waals surface area (Å²) in [7, 11) is 0. The number of fused-ring (bicyclic) bond motifs is 1. The molecule has 1 saturated heterocycles. The largest absolute Gasteiger partial charge is 0.486 e. The zero-order valence-electron chi connectivity index (χ0n) is 16.2. The number of rotatable bonds is 5. The average Bonchev–Trinajstić information content (AvgIpc) is 3.27. The Morgan fingerprint density at radius 3 is 2.64 bits per heavy atom. The van der Waals surface area contributed by atoms with Crippen LogP contribution in [0.3, 0.4) is 0 Å². The van der Waals surface area contributed by atoms with Crippen LogP contribution in [-0.4, -0.2) is 43.0 Å². The van der Waals surface area contributed by atoms with Crippen LogP contribution in [0, 0.1) is 5.92 Å². The second kappa shape index (κ2) is 8.67. The van der Waals surface area contributed by atoms with Gasteiger partial charge in [-0.3, -0.25) is 9.59 Å². The zero-order valence-corrected chi connectivity index (χ0v) is 16.2. The lowest BCUT2D eigenvalue weighted by atomic mass is 9.91. The second-order valence-electron chi connectivity index (χ2n) is 7.80. The molecule has 0 aromatic heterocycles. The number of allylic oxidation sites excluding steroid dienone is 1. The maximum absolute atomic E-state index is 12.5. The van der Waals surface area contributed by atoms with E-state index in [1.807, 2.05) is 23.1 Å². The molecule has 1 aromatic rings. The molecule has 4 rings (SSSR count). The molecule has 1 aromatic carbocycles. The number of carbonyl (C=O) groups is 2. The van der Waals surface area contributed by atoms with Crippen LogP contribution < -0.4 is 14.8 Å². The van der Waals surface area contributed by atoms with Crippen molar-refractivity contribution in [2.45, 2.75) is 44.9 Å². The molecule has 1 aliphatic carbocycles. The quantitative estimate of drug-likeness (QED) is 0.843. The summed E-state index contributed by atoms with van der Waals surface area (Å²) in [5.41, 5.74) is 1.73. The zero-order chi connectivity index (χ0) is 19.3. The molecular weight excluding hydrogens is 356 g/mol. The first-order valence-corrected chi connectivity index (χ1v) is 10.4. The predicted molar refractivity (Wildman–Crippen MR) is 107 cm³/mol. The molecule has 0 bridgehead atoms. The van der Waals surface area contributed by atoms with Gasteiger partial charge in [-0.05, 0) is 56.6 Å². The maximum atomic E-state index is 12.5. The van der Waals surface area contributed by atoms with Gasteiger partial charge in [-0.2, -0.15) is 0 Å². The Hall–Kier alpha value is -2.50. The predicted octanol–water partition coefficient (Wildman–Crippen LogP) is 3.53. The summed E-state index contributed by atoms with van der Waals surface area (Å²) >= 11 is 0. The average molecular weight is 384 g/mol. The molecule has 28 heavy (non-hydrogen) atoms. The fraction of sp³-hybridized carbons (Fsp3) is 0.545. The molecule has 6 nitrogen and oxygen atoms in total. The number of hydrogen-bond acceptors (Lipinski definition) is 4. The molecule has 0 atom stereocenters. The van der Waals surface area contributed by atoms with Gasteiger partial charge in [0.1, 0.15) is 13.2 Å². The van der Waals surface area contributed by atoms with Gasteiger partial charge in [0.2, 0.25) is 11.8 Å². The summed E-state index contributed by atoms with van der Waals surface area (Å²) in [6.07, 6.45) is 8.49. The van der Waals surface area contributed by atoms with Crippen molar-refractivity contribution in [1.29, 1.82) is 0 Å². The fourth-order valence-corrected chi connectivity index (χ4v) is 4.17. The molecule has 3 aliphatic rings. The highest BCUT2D eigenvalue weighted by molar-refractivity contribution is 5.94. The highest BCUT2D eigenvalue weighted by atomic mass is 16.6. The summed E-state index contributed by atoms with van der Waals surface area (Å²) in [6.45, 7) is 2.71. The third kappa shape index (κ3) is 4.49. The van der Waals surface area contributed by atoms with Crippen molar-refractivity contribution in [3.63, 3.8) is 0 Å². The lowest BCUT2D eigenvalue weighted by Gasteiger charge is -2.32. The molecule has 2 amide bonds. The summed E-state index contributed by atoms with van der Waals surface area (Å²) in [6, 6.07) is 5.48. The highest BCUT2D eigenvalue weighted by Gasteiger charge is 2.26. The van der Waals surface area contributed by atoms with Crippen molar-refractivity contribution in [3.8, 4) is 11.5 Å². The number of likely N-dealkylation sites (tertiary alicyclic amines) is 1. The first-order chi connectivity index (χ1) is 13.7. The van der Waals surface area contributed by atoms with Crippen LogP contribution in [0.4, 0.5) is 5.69 Å². The lowest BCUT2D eigenvalue weighted by molar-refractivity contribution is -0.128. The minimum Gasteiger partial charge on any atom is -0.486 e. The van der Waals surface area contributed by atoms with Crippen molar-refractivity contribution in [1.82, 2.24) is 4.90 Å². The van der Waals surface area contributed by atoms with Crippen molar-refractivity contribution in [3.05, 3.63) is 29.8 Å². The SMILES string of the molecule is O=C(CCC1CCN(C(=O)C2=CCCC2)CC1)Nc1ccc2c(c1)OCCO2. The van der Waals surface area contributed by atoms with Gasteiger partial charge in [0.15, 0.2) is 11.5 Å². The van der Waals surface area contributed by atoms with Gasteiger partial charge >= 0.3 is 0 Å². The van der Waals surface area contributed by atoms with Crippen LogP contribution in [0.2, 0.25) is 0 Å². The number of carbonyl (C=O) groups excluding carboxylic acids is 2. The molecule has 0 radical (unpaired) electrons. The number of ether oxygens (including phenoxy) is 2. The van der Waals surface area contributed by atoms with Gasteiger partial charge < -0.3 is 19.7 Å². The molecule has 6 heteroatoms. The topological polar surface area (TPSA) is 67.9 Å². The Morgan fingerprint density at radius 2 is 1.89 bits per heavy atom. The van der Waals surface area contributed by atoms with Crippen LogP contribution in [0.15, 0.2) is 29.8 Å². The molecule has 0 spiro atoms. The lowest BCUT2D eigenvalue weighted by Crippen LogP contribution is -2.39.